The Kier molecular flexibility index (Phi) is 5.68. The predicted octanol–water partition coefficient (Wildman–Crippen LogP) is 3.03. The number of aromatic nitrogens is 1. The molecule has 0 aliphatic heterocycles. The maximum atomic E-state index is 11.9. The van der Waals surface area contributed by atoms with Gasteiger partial charge in [-0.25, -0.2) is 4.98 Å². The van der Waals surface area contributed by atoms with E-state index in [0.717, 1.165) is 8.90 Å². The van der Waals surface area contributed by atoms with E-state index in [4.69, 9.17) is 0 Å². The second-order valence-corrected chi connectivity index (χ2v) is 5.55. The Morgan fingerprint density at radius 3 is 2.81 bits per heavy atom. The number of carbonyl (C=O) groups excluding carboxylic acids is 1. The zero-order valence-corrected chi connectivity index (χ0v) is 12.9. The van der Waals surface area contributed by atoms with Gasteiger partial charge in [-0.15, -0.1) is 0 Å². The summed E-state index contributed by atoms with van der Waals surface area (Å²) < 4.78 is 1.62. The van der Waals surface area contributed by atoms with E-state index < -0.39 is 0 Å². The Bertz CT molecular complexity index is 371. The molecule has 0 bridgehead atoms. The molecule has 1 aromatic rings. The van der Waals surface area contributed by atoms with Crippen LogP contribution in [0.5, 0.6) is 0 Å². The van der Waals surface area contributed by atoms with Gasteiger partial charge >= 0.3 is 0 Å². The zero-order chi connectivity index (χ0) is 12.1. The summed E-state index contributed by atoms with van der Waals surface area (Å²) in [6.45, 7) is 4.19. The number of halogens is 2. The number of alkyl halides is 1. The molecule has 0 aliphatic carbocycles. The van der Waals surface area contributed by atoms with Gasteiger partial charge in [0, 0.05) is 21.1 Å². The third-order valence-corrected chi connectivity index (χ3v) is 3.85. The summed E-state index contributed by atoms with van der Waals surface area (Å²) in [6.07, 6.45) is 1.62. The highest BCUT2D eigenvalue weighted by Gasteiger charge is 2.18. The van der Waals surface area contributed by atoms with Crippen LogP contribution in [-0.2, 0) is 0 Å². The average Bonchev–Trinajstić information content (AvgIpc) is 2.25. The van der Waals surface area contributed by atoms with Gasteiger partial charge in [0.15, 0.2) is 0 Å². The van der Waals surface area contributed by atoms with Gasteiger partial charge in [-0.1, -0.05) is 36.4 Å². The van der Waals surface area contributed by atoms with Crippen LogP contribution in [0.2, 0.25) is 0 Å². The standard InChI is InChI=1S/C11H14BrIN2O/c1-7(2)9(6-13)15-11(16)10-8(12)4-3-5-14-10/h3-5,7,9H,6H2,1-2H3,(H,15,16). The average molecular weight is 397 g/mol. The van der Waals surface area contributed by atoms with E-state index in [-0.39, 0.29) is 11.9 Å². The van der Waals surface area contributed by atoms with Crippen molar-refractivity contribution in [2.45, 2.75) is 19.9 Å². The number of amides is 1. The quantitative estimate of drug-likeness (QED) is 0.627. The Morgan fingerprint density at radius 1 is 1.62 bits per heavy atom. The van der Waals surface area contributed by atoms with Crippen molar-refractivity contribution >= 4 is 44.4 Å². The summed E-state index contributed by atoms with van der Waals surface area (Å²) in [5.74, 6) is 0.297. The lowest BCUT2D eigenvalue weighted by Crippen LogP contribution is -2.40. The van der Waals surface area contributed by atoms with Crippen molar-refractivity contribution in [3.8, 4) is 0 Å². The lowest BCUT2D eigenvalue weighted by molar-refractivity contribution is 0.0926. The van der Waals surface area contributed by atoms with Crippen LogP contribution in [0.1, 0.15) is 24.3 Å². The molecule has 16 heavy (non-hydrogen) atoms. The smallest absolute Gasteiger partial charge is 0.271 e. The topological polar surface area (TPSA) is 42.0 Å². The molecule has 0 aliphatic rings. The van der Waals surface area contributed by atoms with Crippen LogP contribution in [0.4, 0.5) is 0 Å². The fraction of sp³-hybridized carbons (Fsp3) is 0.455. The second kappa shape index (κ2) is 6.54. The molecule has 0 saturated heterocycles. The molecule has 0 saturated carbocycles. The van der Waals surface area contributed by atoms with Crippen LogP contribution in [0.15, 0.2) is 22.8 Å². The molecular formula is C11H14BrIN2O. The molecule has 1 aromatic heterocycles. The van der Waals surface area contributed by atoms with E-state index in [1.165, 1.54) is 0 Å². The van der Waals surface area contributed by atoms with Crippen LogP contribution in [-0.4, -0.2) is 21.4 Å². The first-order valence-corrected chi connectivity index (χ1v) is 7.35. The van der Waals surface area contributed by atoms with Gasteiger partial charge in [-0.05, 0) is 34.0 Å². The molecule has 0 fully saturated rings. The van der Waals surface area contributed by atoms with Crippen LogP contribution >= 0.6 is 38.5 Å². The molecule has 0 spiro atoms. The molecule has 1 amide bonds. The van der Waals surface area contributed by atoms with E-state index in [1.54, 1.807) is 12.3 Å². The molecule has 1 atom stereocenters. The summed E-state index contributed by atoms with van der Waals surface area (Å²) in [5.41, 5.74) is 0.443. The number of pyridine rings is 1. The summed E-state index contributed by atoms with van der Waals surface area (Å²) in [5, 5.41) is 2.98. The van der Waals surface area contributed by atoms with Gasteiger partial charge < -0.3 is 5.32 Å². The van der Waals surface area contributed by atoms with Crippen molar-refractivity contribution in [3.05, 3.63) is 28.5 Å². The number of hydrogen-bond acceptors (Lipinski definition) is 2. The summed E-state index contributed by atoms with van der Waals surface area (Å²) in [6, 6.07) is 3.79. The summed E-state index contributed by atoms with van der Waals surface area (Å²) >= 11 is 5.60. The highest BCUT2D eigenvalue weighted by Crippen LogP contribution is 2.14. The Hall–Kier alpha value is -0.170. The minimum atomic E-state index is -0.122. The molecule has 1 N–H and O–H groups in total. The minimum absolute atomic E-state index is 0.122. The van der Waals surface area contributed by atoms with Crippen molar-refractivity contribution in [1.29, 1.82) is 0 Å². The second-order valence-electron chi connectivity index (χ2n) is 3.81. The van der Waals surface area contributed by atoms with Gasteiger partial charge in [0.05, 0.1) is 0 Å². The largest absolute Gasteiger partial charge is 0.347 e. The maximum absolute atomic E-state index is 11.9. The normalized spacial score (nSPS) is 12.6. The van der Waals surface area contributed by atoms with Crippen molar-refractivity contribution in [3.63, 3.8) is 0 Å². The molecular weight excluding hydrogens is 383 g/mol. The fourth-order valence-corrected chi connectivity index (χ4v) is 2.85. The van der Waals surface area contributed by atoms with Crippen molar-refractivity contribution in [2.75, 3.05) is 4.43 Å². The molecule has 1 heterocycles. The molecule has 88 valence electrons. The third-order valence-electron chi connectivity index (χ3n) is 2.26. The van der Waals surface area contributed by atoms with Crippen molar-refractivity contribution in [2.24, 2.45) is 5.92 Å². The maximum Gasteiger partial charge on any atom is 0.271 e. The highest BCUT2D eigenvalue weighted by atomic mass is 127. The van der Waals surface area contributed by atoms with Gasteiger partial charge in [-0.2, -0.15) is 0 Å². The van der Waals surface area contributed by atoms with E-state index >= 15 is 0 Å². The van der Waals surface area contributed by atoms with Crippen LogP contribution < -0.4 is 5.32 Å². The number of carbonyl (C=O) groups is 1. The Labute approximate surface area is 118 Å². The number of nitrogens with one attached hydrogen (secondary N) is 1. The first kappa shape index (κ1) is 13.9. The predicted molar refractivity (Wildman–Crippen MR) is 76.9 cm³/mol. The molecule has 3 nitrogen and oxygen atoms in total. The highest BCUT2D eigenvalue weighted by molar-refractivity contribution is 14.1. The monoisotopic (exact) mass is 396 g/mol. The summed E-state index contributed by atoms with van der Waals surface area (Å²) in [7, 11) is 0. The minimum Gasteiger partial charge on any atom is -0.347 e. The fourth-order valence-electron chi connectivity index (χ4n) is 1.17. The lowest BCUT2D eigenvalue weighted by Gasteiger charge is -2.19. The van der Waals surface area contributed by atoms with Crippen LogP contribution in [0.25, 0.3) is 0 Å². The van der Waals surface area contributed by atoms with Crippen molar-refractivity contribution in [1.82, 2.24) is 10.3 Å². The first-order chi connectivity index (χ1) is 7.56. The number of nitrogens with zero attached hydrogens (tertiary/aromatic N) is 1. The SMILES string of the molecule is CC(C)C(CI)NC(=O)c1ncccc1Br. The third kappa shape index (κ3) is 3.69. The molecule has 5 heteroatoms. The van der Waals surface area contributed by atoms with Crippen molar-refractivity contribution < 1.29 is 4.79 Å². The summed E-state index contributed by atoms with van der Waals surface area (Å²) in [4.78, 5) is 16.0. The van der Waals surface area contributed by atoms with Gasteiger partial charge in [0.1, 0.15) is 5.69 Å². The molecule has 1 rings (SSSR count). The number of rotatable bonds is 4. The van der Waals surface area contributed by atoms with Gasteiger partial charge in [-0.3, -0.25) is 4.79 Å². The van der Waals surface area contributed by atoms with Gasteiger partial charge in [0.2, 0.25) is 0 Å². The zero-order valence-electron chi connectivity index (χ0n) is 9.21. The van der Waals surface area contributed by atoms with E-state index in [1.807, 2.05) is 6.07 Å². The van der Waals surface area contributed by atoms with Crippen LogP contribution in [0, 0.1) is 5.92 Å². The first-order valence-electron chi connectivity index (χ1n) is 5.03. The van der Waals surface area contributed by atoms with E-state index in [2.05, 4.69) is 62.7 Å². The molecule has 1 unspecified atom stereocenters. The van der Waals surface area contributed by atoms with Gasteiger partial charge in [0.25, 0.3) is 5.91 Å². The Balaban J connectivity index is 2.76. The molecule has 0 radical (unpaired) electrons. The Morgan fingerprint density at radius 2 is 2.31 bits per heavy atom. The number of hydrogen-bond donors (Lipinski definition) is 1. The lowest BCUT2D eigenvalue weighted by atomic mass is 10.1. The molecule has 0 aromatic carbocycles. The van der Waals surface area contributed by atoms with E-state index in [0.29, 0.717) is 11.6 Å². The van der Waals surface area contributed by atoms with Crippen LogP contribution in [0.3, 0.4) is 0 Å². The van der Waals surface area contributed by atoms with E-state index in [9.17, 15) is 4.79 Å².